The van der Waals surface area contributed by atoms with Crippen molar-refractivity contribution in [3.8, 4) is 5.75 Å². The molecular formula is C21H22N2O6. The number of fused-ring (bicyclic) bond motifs is 1. The number of furan rings is 1. The Morgan fingerprint density at radius 3 is 2.66 bits per heavy atom. The zero-order valence-electron chi connectivity index (χ0n) is 16.7. The summed E-state index contributed by atoms with van der Waals surface area (Å²) in [7, 11) is 4.56. The fraction of sp³-hybridized carbons (Fsp3) is 0.286. The van der Waals surface area contributed by atoms with Gasteiger partial charge in [-0.2, -0.15) is 0 Å². The lowest BCUT2D eigenvalue weighted by Crippen LogP contribution is -2.50. The molecule has 0 spiro atoms. The summed E-state index contributed by atoms with van der Waals surface area (Å²) in [6, 6.07) is 8.55. The summed E-state index contributed by atoms with van der Waals surface area (Å²) < 4.78 is 16.0. The van der Waals surface area contributed by atoms with Gasteiger partial charge in [-0.25, -0.2) is 4.79 Å². The van der Waals surface area contributed by atoms with Gasteiger partial charge in [0.25, 0.3) is 11.8 Å². The summed E-state index contributed by atoms with van der Waals surface area (Å²) in [5.74, 6) is 0.125. The van der Waals surface area contributed by atoms with Crippen molar-refractivity contribution in [3.05, 3.63) is 53.5 Å². The molecule has 8 nitrogen and oxygen atoms in total. The first kappa shape index (κ1) is 20.2. The van der Waals surface area contributed by atoms with E-state index in [4.69, 9.17) is 13.9 Å². The number of methoxy groups -OCH3 is 1. The minimum atomic E-state index is -0.797. The molecule has 29 heavy (non-hydrogen) atoms. The number of likely N-dealkylation sites (N-methyl/N-ethyl adjacent to an activating group) is 1. The molecule has 0 N–H and O–H groups in total. The smallest absolute Gasteiger partial charge is 0.341 e. The molecule has 1 unspecified atom stereocenters. The van der Waals surface area contributed by atoms with E-state index in [-0.39, 0.29) is 18.4 Å². The van der Waals surface area contributed by atoms with Crippen molar-refractivity contribution < 1.29 is 28.3 Å². The number of hydrogen-bond donors (Lipinski definition) is 0. The Morgan fingerprint density at radius 2 is 1.97 bits per heavy atom. The molecule has 0 saturated heterocycles. The third-order valence-electron chi connectivity index (χ3n) is 4.49. The Labute approximate surface area is 168 Å². The van der Waals surface area contributed by atoms with E-state index in [9.17, 15) is 14.4 Å². The van der Waals surface area contributed by atoms with Crippen molar-refractivity contribution in [2.75, 3.05) is 32.6 Å². The number of carbonyl (C=O) groups is 3. The molecule has 1 aromatic heterocycles. The maximum absolute atomic E-state index is 12.9. The Balaban J connectivity index is 1.85. The monoisotopic (exact) mass is 398 g/mol. The Kier molecular flexibility index (Phi) is 5.72. The number of hydrogen-bond acceptors (Lipinski definition) is 6. The van der Waals surface area contributed by atoms with Crippen LogP contribution in [0.25, 0.3) is 6.08 Å². The first-order chi connectivity index (χ1) is 13.8. The van der Waals surface area contributed by atoms with Gasteiger partial charge in [-0.05, 0) is 31.2 Å². The second-order valence-electron chi connectivity index (χ2n) is 6.70. The SMILES string of the molecule is COC(=O)c1cc(C=CC(=O)N2CC(C(=O)N(C)C)Oc3ccccc32)oc1C. The largest absolute Gasteiger partial charge is 0.476 e. The Bertz CT molecular complexity index is 975. The van der Waals surface area contributed by atoms with Gasteiger partial charge < -0.3 is 23.7 Å². The van der Waals surface area contributed by atoms with Crippen LogP contribution in [0.15, 0.2) is 40.8 Å². The maximum Gasteiger partial charge on any atom is 0.341 e. The first-order valence-corrected chi connectivity index (χ1v) is 8.97. The molecule has 0 radical (unpaired) electrons. The fourth-order valence-electron chi connectivity index (χ4n) is 3.00. The standard InChI is InChI=1S/C21H22N2O6/c1-13-15(21(26)27-4)11-14(28-13)9-10-19(24)23-12-18(20(25)22(2)3)29-17-8-6-5-7-16(17)23/h5-11,18H,12H2,1-4H3. The van der Waals surface area contributed by atoms with E-state index in [0.29, 0.717) is 28.5 Å². The molecule has 1 aromatic carbocycles. The lowest BCUT2D eigenvalue weighted by molar-refractivity contribution is -0.136. The molecule has 2 aromatic rings. The van der Waals surface area contributed by atoms with Crippen LogP contribution in [0.1, 0.15) is 21.9 Å². The van der Waals surface area contributed by atoms with E-state index in [1.807, 2.05) is 0 Å². The van der Waals surface area contributed by atoms with Crippen molar-refractivity contribution in [2.24, 2.45) is 0 Å². The third-order valence-corrected chi connectivity index (χ3v) is 4.49. The predicted octanol–water partition coefficient (Wildman–Crippen LogP) is 2.27. The molecule has 152 valence electrons. The molecule has 8 heteroatoms. The summed E-state index contributed by atoms with van der Waals surface area (Å²) >= 11 is 0. The minimum Gasteiger partial charge on any atom is -0.476 e. The summed E-state index contributed by atoms with van der Waals surface area (Å²) in [6.45, 7) is 1.73. The number of para-hydroxylation sites is 2. The predicted molar refractivity (Wildman–Crippen MR) is 106 cm³/mol. The van der Waals surface area contributed by atoms with Crippen LogP contribution in [0.3, 0.4) is 0 Å². The number of amides is 2. The van der Waals surface area contributed by atoms with Gasteiger partial charge in [-0.15, -0.1) is 0 Å². The maximum atomic E-state index is 12.9. The number of rotatable bonds is 4. The molecule has 1 aliphatic heterocycles. The molecule has 2 heterocycles. The van der Waals surface area contributed by atoms with Gasteiger partial charge in [0.1, 0.15) is 22.8 Å². The lowest BCUT2D eigenvalue weighted by atomic mass is 10.1. The highest BCUT2D eigenvalue weighted by Gasteiger charge is 2.33. The van der Waals surface area contributed by atoms with E-state index >= 15 is 0 Å². The van der Waals surface area contributed by atoms with Crippen LogP contribution in [0.4, 0.5) is 5.69 Å². The van der Waals surface area contributed by atoms with Gasteiger partial charge in [-0.1, -0.05) is 12.1 Å². The van der Waals surface area contributed by atoms with Crippen LogP contribution in [-0.2, 0) is 14.3 Å². The molecule has 0 saturated carbocycles. The van der Waals surface area contributed by atoms with E-state index in [0.717, 1.165) is 0 Å². The highest BCUT2D eigenvalue weighted by molar-refractivity contribution is 6.05. The number of anilines is 1. The van der Waals surface area contributed by atoms with Gasteiger partial charge in [-0.3, -0.25) is 9.59 Å². The van der Waals surface area contributed by atoms with Crippen molar-refractivity contribution in [3.63, 3.8) is 0 Å². The number of benzene rings is 1. The van der Waals surface area contributed by atoms with Crippen molar-refractivity contribution >= 4 is 29.5 Å². The first-order valence-electron chi connectivity index (χ1n) is 8.97. The van der Waals surface area contributed by atoms with Crippen molar-refractivity contribution in [2.45, 2.75) is 13.0 Å². The summed E-state index contributed by atoms with van der Waals surface area (Å²) in [4.78, 5) is 39.9. The lowest BCUT2D eigenvalue weighted by Gasteiger charge is -2.34. The van der Waals surface area contributed by atoms with Crippen molar-refractivity contribution in [1.29, 1.82) is 0 Å². The second-order valence-corrected chi connectivity index (χ2v) is 6.70. The van der Waals surface area contributed by atoms with Gasteiger partial charge in [0.2, 0.25) is 0 Å². The molecule has 0 aliphatic carbocycles. The third kappa shape index (κ3) is 4.16. The molecule has 3 rings (SSSR count). The molecule has 1 aliphatic rings. The zero-order valence-corrected chi connectivity index (χ0v) is 16.7. The van der Waals surface area contributed by atoms with E-state index in [2.05, 4.69) is 0 Å². The van der Waals surface area contributed by atoms with Crippen molar-refractivity contribution in [1.82, 2.24) is 4.90 Å². The topological polar surface area (TPSA) is 89.3 Å². The number of nitrogens with zero attached hydrogens (tertiary/aromatic N) is 2. The van der Waals surface area contributed by atoms with Crippen LogP contribution in [0.5, 0.6) is 5.75 Å². The summed E-state index contributed by atoms with van der Waals surface area (Å²) in [5, 5.41) is 0. The fourth-order valence-corrected chi connectivity index (χ4v) is 3.00. The average molecular weight is 398 g/mol. The van der Waals surface area contributed by atoms with Crippen LogP contribution >= 0.6 is 0 Å². The zero-order chi connectivity index (χ0) is 21.1. The molecule has 2 amide bonds. The second kappa shape index (κ2) is 8.22. The average Bonchev–Trinajstić information content (AvgIpc) is 3.10. The molecule has 0 fully saturated rings. The number of aryl methyl sites for hydroxylation is 1. The van der Waals surface area contributed by atoms with Crippen LogP contribution in [-0.4, -0.2) is 56.5 Å². The minimum absolute atomic E-state index is 0.0851. The highest BCUT2D eigenvalue weighted by atomic mass is 16.5. The molecule has 1 atom stereocenters. The van der Waals surface area contributed by atoms with E-state index in [1.165, 1.54) is 35.1 Å². The van der Waals surface area contributed by atoms with Crippen LogP contribution in [0.2, 0.25) is 0 Å². The normalized spacial score (nSPS) is 15.6. The summed E-state index contributed by atoms with van der Waals surface area (Å²) in [6.07, 6.45) is 2.01. The Hall–Kier alpha value is -3.55. The molecule has 0 bridgehead atoms. The molecular weight excluding hydrogens is 376 g/mol. The van der Waals surface area contributed by atoms with Gasteiger partial charge >= 0.3 is 5.97 Å². The summed E-state index contributed by atoms with van der Waals surface area (Å²) in [5.41, 5.74) is 0.879. The number of ether oxygens (including phenoxy) is 2. The highest BCUT2D eigenvalue weighted by Crippen LogP contribution is 2.33. The van der Waals surface area contributed by atoms with Gasteiger partial charge in [0.15, 0.2) is 6.10 Å². The van der Waals surface area contributed by atoms with Crippen LogP contribution < -0.4 is 9.64 Å². The van der Waals surface area contributed by atoms with E-state index in [1.54, 1.807) is 45.3 Å². The Morgan fingerprint density at radius 1 is 1.24 bits per heavy atom. The number of esters is 1. The number of carbonyl (C=O) groups excluding carboxylic acids is 3. The van der Waals surface area contributed by atoms with Gasteiger partial charge in [0, 0.05) is 20.2 Å². The quantitative estimate of drug-likeness (QED) is 0.580. The van der Waals surface area contributed by atoms with Gasteiger partial charge in [0.05, 0.1) is 19.3 Å². The van der Waals surface area contributed by atoms with E-state index < -0.39 is 12.1 Å². The van der Waals surface area contributed by atoms with Crippen LogP contribution in [0, 0.1) is 6.92 Å².